The van der Waals surface area contributed by atoms with E-state index in [4.69, 9.17) is 4.74 Å². The van der Waals surface area contributed by atoms with Crippen LogP contribution in [0.1, 0.15) is 38.3 Å². The highest BCUT2D eigenvalue weighted by molar-refractivity contribution is 9.10. The highest BCUT2D eigenvalue weighted by Gasteiger charge is 2.20. The highest BCUT2D eigenvalue weighted by Crippen LogP contribution is 2.35. The second-order valence-corrected chi connectivity index (χ2v) is 6.93. The average Bonchev–Trinajstić information content (AvgIpc) is 2.86. The molecule has 3 heteroatoms. The lowest BCUT2D eigenvalue weighted by Gasteiger charge is -2.21. The van der Waals surface area contributed by atoms with Crippen molar-refractivity contribution in [2.24, 2.45) is 11.8 Å². The van der Waals surface area contributed by atoms with Crippen LogP contribution in [0.5, 0.6) is 5.75 Å². The fourth-order valence-electron chi connectivity index (χ4n) is 2.75. The number of nitrogens with one attached hydrogen (secondary N) is 1. The Balaban J connectivity index is 1.99. The number of halogens is 1. The standard InChI is InChI=1S/C17H26BrNO/c1-4-6-19-11-13(3)12(2)8-15-10-16(18)9-14-5-7-20-17(14)15/h9-10,12-13,19H,4-8,11H2,1-3H3. The number of benzene rings is 1. The Labute approximate surface area is 131 Å². The molecule has 2 rings (SSSR count). The van der Waals surface area contributed by atoms with Gasteiger partial charge in [0.05, 0.1) is 6.61 Å². The first-order valence-corrected chi connectivity index (χ1v) is 8.56. The quantitative estimate of drug-likeness (QED) is 0.751. The van der Waals surface area contributed by atoms with Crippen molar-refractivity contribution in [2.75, 3.05) is 19.7 Å². The van der Waals surface area contributed by atoms with Gasteiger partial charge in [-0.15, -0.1) is 0 Å². The molecule has 2 nitrogen and oxygen atoms in total. The Hall–Kier alpha value is -0.540. The van der Waals surface area contributed by atoms with Crippen molar-refractivity contribution in [1.82, 2.24) is 5.32 Å². The predicted octanol–water partition coefficient (Wildman–Crippen LogP) is 4.20. The van der Waals surface area contributed by atoms with Gasteiger partial charge < -0.3 is 10.1 Å². The van der Waals surface area contributed by atoms with Crippen LogP contribution in [0.15, 0.2) is 16.6 Å². The number of hydrogen-bond donors (Lipinski definition) is 1. The third-order valence-corrected chi connectivity index (χ3v) is 4.69. The summed E-state index contributed by atoms with van der Waals surface area (Å²) in [5.74, 6) is 2.48. The van der Waals surface area contributed by atoms with Gasteiger partial charge in [0, 0.05) is 10.9 Å². The van der Waals surface area contributed by atoms with E-state index in [0.29, 0.717) is 11.8 Å². The van der Waals surface area contributed by atoms with Gasteiger partial charge >= 0.3 is 0 Å². The van der Waals surface area contributed by atoms with Gasteiger partial charge in [-0.25, -0.2) is 0 Å². The zero-order valence-corrected chi connectivity index (χ0v) is 14.4. The minimum absolute atomic E-state index is 0.655. The van der Waals surface area contributed by atoms with Crippen molar-refractivity contribution in [3.8, 4) is 5.75 Å². The van der Waals surface area contributed by atoms with E-state index in [2.05, 4.69) is 54.2 Å². The van der Waals surface area contributed by atoms with E-state index in [-0.39, 0.29) is 0 Å². The Morgan fingerprint density at radius 3 is 2.85 bits per heavy atom. The zero-order chi connectivity index (χ0) is 14.5. The normalized spacial score (nSPS) is 16.6. The number of hydrogen-bond acceptors (Lipinski definition) is 2. The Kier molecular flexibility index (Phi) is 5.91. The van der Waals surface area contributed by atoms with Gasteiger partial charge in [0.25, 0.3) is 0 Å². The number of fused-ring (bicyclic) bond motifs is 1. The lowest BCUT2D eigenvalue weighted by molar-refractivity contribution is 0.338. The first kappa shape index (κ1) is 15.8. The van der Waals surface area contributed by atoms with E-state index < -0.39 is 0 Å². The summed E-state index contributed by atoms with van der Waals surface area (Å²) in [6, 6.07) is 4.43. The maximum absolute atomic E-state index is 5.83. The molecular weight excluding hydrogens is 314 g/mol. The largest absolute Gasteiger partial charge is 0.493 e. The fourth-order valence-corrected chi connectivity index (χ4v) is 3.31. The van der Waals surface area contributed by atoms with Gasteiger partial charge in [-0.3, -0.25) is 0 Å². The summed E-state index contributed by atoms with van der Waals surface area (Å²) in [5.41, 5.74) is 2.72. The van der Waals surface area contributed by atoms with Crippen LogP contribution in [-0.4, -0.2) is 19.7 Å². The molecule has 0 radical (unpaired) electrons. The first-order chi connectivity index (χ1) is 9.61. The molecule has 2 atom stereocenters. The third-order valence-electron chi connectivity index (χ3n) is 4.23. The van der Waals surface area contributed by atoms with Gasteiger partial charge in [0.1, 0.15) is 5.75 Å². The lowest BCUT2D eigenvalue weighted by atomic mass is 9.88. The highest BCUT2D eigenvalue weighted by atomic mass is 79.9. The molecule has 1 N–H and O–H groups in total. The van der Waals surface area contributed by atoms with Crippen LogP contribution in [0, 0.1) is 11.8 Å². The molecule has 0 spiro atoms. The van der Waals surface area contributed by atoms with E-state index in [9.17, 15) is 0 Å². The minimum atomic E-state index is 0.655. The van der Waals surface area contributed by atoms with Crippen molar-refractivity contribution < 1.29 is 4.74 Å². The summed E-state index contributed by atoms with van der Waals surface area (Å²) in [6.07, 6.45) is 3.34. The topological polar surface area (TPSA) is 21.3 Å². The van der Waals surface area contributed by atoms with Crippen molar-refractivity contribution in [3.63, 3.8) is 0 Å². The summed E-state index contributed by atoms with van der Waals surface area (Å²) in [4.78, 5) is 0. The van der Waals surface area contributed by atoms with Gasteiger partial charge in [-0.1, -0.05) is 36.7 Å². The maximum Gasteiger partial charge on any atom is 0.125 e. The third kappa shape index (κ3) is 3.98. The number of rotatable bonds is 7. The molecule has 112 valence electrons. The maximum atomic E-state index is 5.83. The van der Waals surface area contributed by atoms with Crippen LogP contribution in [-0.2, 0) is 12.8 Å². The predicted molar refractivity (Wildman–Crippen MR) is 88.5 cm³/mol. The summed E-state index contributed by atoms with van der Waals surface area (Å²) >= 11 is 3.63. The van der Waals surface area contributed by atoms with Gasteiger partial charge in [-0.2, -0.15) is 0 Å². The van der Waals surface area contributed by atoms with Gasteiger partial charge in [-0.05, 0) is 61.0 Å². The summed E-state index contributed by atoms with van der Waals surface area (Å²) < 4.78 is 7.01. The van der Waals surface area contributed by atoms with Crippen molar-refractivity contribution >= 4 is 15.9 Å². The molecule has 1 aliphatic rings. The first-order valence-electron chi connectivity index (χ1n) is 7.76. The molecule has 1 aromatic carbocycles. The fraction of sp³-hybridized carbons (Fsp3) is 0.647. The lowest BCUT2D eigenvalue weighted by Crippen LogP contribution is -2.26. The zero-order valence-electron chi connectivity index (χ0n) is 12.8. The van der Waals surface area contributed by atoms with E-state index in [1.807, 2.05) is 0 Å². The molecule has 0 aliphatic carbocycles. The Morgan fingerprint density at radius 2 is 2.10 bits per heavy atom. The SMILES string of the molecule is CCCNCC(C)C(C)Cc1cc(Br)cc2c1OCC2. The molecule has 0 saturated heterocycles. The molecule has 2 unspecified atom stereocenters. The van der Waals surface area contributed by atoms with Crippen molar-refractivity contribution in [2.45, 2.75) is 40.0 Å². The second kappa shape index (κ2) is 7.46. The Morgan fingerprint density at radius 1 is 1.30 bits per heavy atom. The molecule has 0 saturated carbocycles. The summed E-state index contributed by atoms with van der Waals surface area (Å²) in [5, 5.41) is 3.52. The van der Waals surface area contributed by atoms with Gasteiger partial charge in [0.15, 0.2) is 0 Å². The van der Waals surface area contributed by atoms with E-state index >= 15 is 0 Å². The molecule has 1 heterocycles. The molecule has 0 bridgehead atoms. The van der Waals surface area contributed by atoms with Crippen LogP contribution in [0.3, 0.4) is 0 Å². The molecule has 20 heavy (non-hydrogen) atoms. The van der Waals surface area contributed by atoms with Crippen LogP contribution >= 0.6 is 15.9 Å². The van der Waals surface area contributed by atoms with Gasteiger partial charge in [0.2, 0.25) is 0 Å². The summed E-state index contributed by atoms with van der Waals surface area (Å²) in [7, 11) is 0. The second-order valence-electron chi connectivity index (χ2n) is 6.01. The minimum Gasteiger partial charge on any atom is -0.493 e. The van der Waals surface area contributed by atoms with E-state index in [1.165, 1.54) is 22.0 Å². The van der Waals surface area contributed by atoms with Crippen LogP contribution in [0.25, 0.3) is 0 Å². The number of ether oxygens (including phenoxy) is 1. The molecule has 1 aliphatic heterocycles. The molecule has 0 aromatic heterocycles. The summed E-state index contributed by atoms with van der Waals surface area (Å²) in [6.45, 7) is 9.95. The molecular formula is C17H26BrNO. The van der Waals surface area contributed by atoms with E-state index in [0.717, 1.165) is 38.3 Å². The van der Waals surface area contributed by atoms with Crippen LogP contribution in [0.2, 0.25) is 0 Å². The van der Waals surface area contributed by atoms with Crippen LogP contribution in [0.4, 0.5) is 0 Å². The average molecular weight is 340 g/mol. The molecule has 0 fully saturated rings. The molecule has 0 amide bonds. The van der Waals surface area contributed by atoms with Crippen molar-refractivity contribution in [3.05, 3.63) is 27.7 Å². The van der Waals surface area contributed by atoms with E-state index in [1.54, 1.807) is 0 Å². The molecule has 1 aromatic rings. The van der Waals surface area contributed by atoms with Crippen LogP contribution < -0.4 is 10.1 Å². The monoisotopic (exact) mass is 339 g/mol. The Bertz CT molecular complexity index is 447. The smallest absolute Gasteiger partial charge is 0.125 e. The van der Waals surface area contributed by atoms with Crippen molar-refractivity contribution in [1.29, 1.82) is 0 Å².